The highest BCUT2D eigenvalue weighted by atomic mass is 19.1. The minimum atomic E-state index is -0.306. The van der Waals surface area contributed by atoms with Gasteiger partial charge in [-0.05, 0) is 72.4 Å². The van der Waals surface area contributed by atoms with Crippen molar-refractivity contribution in [2.45, 2.75) is 34.1 Å². The van der Waals surface area contributed by atoms with Gasteiger partial charge < -0.3 is 10.3 Å². The smallest absolute Gasteiger partial charge is 0.178 e. The van der Waals surface area contributed by atoms with Gasteiger partial charge in [0.15, 0.2) is 17.2 Å². The van der Waals surface area contributed by atoms with E-state index < -0.39 is 0 Å². The monoisotopic (exact) mass is 533 g/mol. The second-order valence-electron chi connectivity index (χ2n) is 10.8. The molecule has 0 atom stereocenters. The molecule has 7 nitrogen and oxygen atoms in total. The minimum Gasteiger partial charge on any atom is -0.359 e. The Hall–Kier alpha value is -4.85. The van der Waals surface area contributed by atoms with Crippen molar-refractivity contribution in [2.75, 3.05) is 0 Å². The van der Waals surface area contributed by atoms with Gasteiger partial charge in [0.25, 0.3) is 0 Å². The van der Waals surface area contributed by atoms with Gasteiger partial charge in [-0.1, -0.05) is 52.1 Å². The summed E-state index contributed by atoms with van der Waals surface area (Å²) in [4.78, 5) is 17.4. The molecule has 0 bridgehead atoms. The van der Waals surface area contributed by atoms with Crippen molar-refractivity contribution in [2.24, 2.45) is 5.41 Å². The lowest BCUT2D eigenvalue weighted by Gasteiger charge is -2.21. The first-order valence-electron chi connectivity index (χ1n) is 13.1. The van der Waals surface area contributed by atoms with E-state index >= 15 is 0 Å². The van der Waals surface area contributed by atoms with Gasteiger partial charge in [-0.15, -0.1) is 0 Å². The minimum absolute atomic E-state index is 0.119. The van der Waals surface area contributed by atoms with E-state index in [9.17, 15) is 4.39 Å². The van der Waals surface area contributed by atoms with Crippen LogP contribution in [0.3, 0.4) is 0 Å². The third kappa shape index (κ3) is 5.61. The fraction of sp³-hybridized carbons (Fsp3) is 0.188. The number of aromatic amines is 2. The molecule has 0 amide bonds. The van der Waals surface area contributed by atoms with Gasteiger partial charge in [0, 0.05) is 23.2 Å². The molecule has 3 N–H and O–H groups in total. The van der Waals surface area contributed by atoms with Crippen LogP contribution in [-0.2, 0) is 0 Å². The average Bonchev–Trinajstić information content (AvgIpc) is 3.53. The standard InChI is InChI=1S/C32H32FN7/c1-7-20(17-23(8-2)35-19(3)18-32(4,5)6)25-12-13-26-28(36-25)29(40-39-26)31-37-27-24(14-15-34-30(27)38-31)21-10-9-11-22(33)16-21/h7-17,35H,2-3,18H2,1,4-6H3,(H,39,40)(H,34,37,38)/b20-7+,23-17+. The summed E-state index contributed by atoms with van der Waals surface area (Å²) < 4.78 is 13.9. The van der Waals surface area contributed by atoms with Crippen LogP contribution < -0.4 is 5.32 Å². The highest BCUT2D eigenvalue weighted by Crippen LogP contribution is 2.31. The molecule has 0 aliphatic heterocycles. The Balaban J connectivity index is 1.52. The molecule has 5 rings (SSSR count). The van der Waals surface area contributed by atoms with Crippen LogP contribution in [0.25, 0.3) is 50.4 Å². The second kappa shape index (κ2) is 10.7. The number of allylic oxidation sites excluding steroid dienone is 5. The van der Waals surface area contributed by atoms with Gasteiger partial charge in [0.05, 0.1) is 16.7 Å². The van der Waals surface area contributed by atoms with Crippen molar-refractivity contribution < 1.29 is 4.39 Å². The molecule has 0 spiro atoms. The zero-order valence-electron chi connectivity index (χ0n) is 23.1. The SMILES string of the molecule is C=C/C(=C\C(=C/C)c1ccc2[nH]nc(-c3nc4nccc(-c5cccc(F)c5)c4[nH]3)c2n1)NC(=C)CC(C)(C)C. The molecule has 0 aliphatic rings. The number of hydrogen-bond donors (Lipinski definition) is 3. The molecule has 8 heteroatoms. The maximum atomic E-state index is 13.9. The molecule has 0 unspecified atom stereocenters. The average molecular weight is 534 g/mol. The molecule has 0 radical (unpaired) electrons. The Kier molecular flexibility index (Phi) is 7.17. The van der Waals surface area contributed by atoms with E-state index in [1.165, 1.54) is 12.1 Å². The Morgan fingerprint density at radius 3 is 2.67 bits per heavy atom. The Bertz CT molecular complexity index is 1800. The van der Waals surface area contributed by atoms with Gasteiger partial charge in [0.1, 0.15) is 11.3 Å². The number of hydrogen-bond acceptors (Lipinski definition) is 5. The van der Waals surface area contributed by atoms with Crippen molar-refractivity contribution in [3.05, 3.63) is 103 Å². The van der Waals surface area contributed by atoms with Gasteiger partial charge in [0.2, 0.25) is 0 Å². The number of pyridine rings is 2. The van der Waals surface area contributed by atoms with Crippen LogP contribution in [-0.4, -0.2) is 30.1 Å². The van der Waals surface area contributed by atoms with Gasteiger partial charge in [-0.25, -0.2) is 19.3 Å². The number of aromatic nitrogens is 6. The zero-order chi connectivity index (χ0) is 28.4. The lowest BCUT2D eigenvalue weighted by atomic mass is 9.91. The molecular weight excluding hydrogens is 501 g/mol. The van der Waals surface area contributed by atoms with Crippen molar-refractivity contribution >= 4 is 27.8 Å². The number of rotatable bonds is 8. The number of halogens is 1. The fourth-order valence-corrected chi connectivity index (χ4v) is 4.65. The van der Waals surface area contributed by atoms with E-state index in [1.807, 2.05) is 43.3 Å². The van der Waals surface area contributed by atoms with Crippen LogP contribution >= 0.6 is 0 Å². The molecular formula is C32H32FN7. The van der Waals surface area contributed by atoms with Gasteiger partial charge >= 0.3 is 0 Å². The number of fused-ring (bicyclic) bond motifs is 2. The normalized spacial score (nSPS) is 12.7. The van der Waals surface area contributed by atoms with Crippen LogP contribution in [0, 0.1) is 11.2 Å². The van der Waals surface area contributed by atoms with E-state index in [0.717, 1.165) is 45.7 Å². The summed E-state index contributed by atoms with van der Waals surface area (Å²) >= 11 is 0. The van der Waals surface area contributed by atoms with Crippen molar-refractivity contribution in [3.8, 4) is 22.6 Å². The first-order chi connectivity index (χ1) is 19.1. The largest absolute Gasteiger partial charge is 0.359 e. The molecule has 4 aromatic heterocycles. The summed E-state index contributed by atoms with van der Waals surface area (Å²) in [5.41, 5.74) is 8.33. The number of imidazole rings is 1. The summed E-state index contributed by atoms with van der Waals surface area (Å²) in [5, 5.41) is 10.9. The maximum Gasteiger partial charge on any atom is 0.178 e. The van der Waals surface area contributed by atoms with E-state index in [1.54, 1.807) is 18.3 Å². The summed E-state index contributed by atoms with van der Waals surface area (Å²) in [5.74, 6) is 0.214. The van der Waals surface area contributed by atoms with Crippen molar-refractivity contribution in [3.63, 3.8) is 0 Å². The first kappa shape index (κ1) is 26.7. The second-order valence-corrected chi connectivity index (χ2v) is 10.8. The predicted octanol–water partition coefficient (Wildman–Crippen LogP) is 7.72. The highest BCUT2D eigenvalue weighted by Gasteiger charge is 2.18. The van der Waals surface area contributed by atoms with E-state index in [-0.39, 0.29) is 11.2 Å². The zero-order valence-corrected chi connectivity index (χ0v) is 23.1. The third-order valence-electron chi connectivity index (χ3n) is 6.36. The summed E-state index contributed by atoms with van der Waals surface area (Å²) in [7, 11) is 0. The molecule has 202 valence electrons. The summed E-state index contributed by atoms with van der Waals surface area (Å²) in [6.45, 7) is 16.6. The first-order valence-corrected chi connectivity index (χ1v) is 13.1. The molecule has 1 aromatic carbocycles. The van der Waals surface area contributed by atoms with Crippen LogP contribution in [0.15, 0.2) is 91.4 Å². The number of nitrogens with zero attached hydrogens (tertiary/aromatic N) is 4. The van der Waals surface area contributed by atoms with E-state index in [0.29, 0.717) is 28.2 Å². The van der Waals surface area contributed by atoms with E-state index in [2.05, 4.69) is 64.4 Å². The summed E-state index contributed by atoms with van der Waals surface area (Å²) in [6, 6.07) is 12.2. The number of H-pyrrole nitrogens is 2. The van der Waals surface area contributed by atoms with Crippen LogP contribution in [0.2, 0.25) is 0 Å². The Labute approximate surface area is 232 Å². The molecule has 40 heavy (non-hydrogen) atoms. The Morgan fingerprint density at radius 1 is 1.12 bits per heavy atom. The van der Waals surface area contributed by atoms with Crippen LogP contribution in [0.5, 0.6) is 0 Å². The molecule has 0 saturated carbocycles. The highest BCUT2D eigenvalue weighted by molar-refractivity contribution is 5.95. The van der Waals surface area contributed by atoms with Gasteiger partial charge in [-0.3, -0.25) is 5.10 Å². The lowest BCUT2D eigenvalue weighted by Crippen LogP contribution is -2.16. The Morgan fingerprint density at radius 2 is 1.95 bits per heavy atom. The molecule has 0 aliphatic carbocycles. The summed E-state index contributed by atoms with van der Waals surface area (Å²) in [6.07, 6.45) is 8.28. The molecule has 4 heterocycles. The number of benzene rings is 1. The number of nitrogens with one attached hydrogen (secondary N) is 3. The maximum absolute atomic E-state index is 13.9. The van der Waals surface area contributed by atoms with Crippen molar-refractivity contribution in [1.29, 1.82) is 0 Å². The lowest BCUT2D eigenvalue weighted by molar-refractivity contribution is 0.403. The van der Waals surface area contributed by atoms with E-state index in [4.69, 9.17) is 4.98 Å². The molecule has 0 fully saturated rings. The quantitative estimate of drug-likeness (QED) is 0.178. The van der Waals surface area contributed by atoms with Gasteiger partial charge in [-0.2, -0.15) is 5.10 Å². The topological polar surface area (TPSA) is 95.2 Å². The molecule has 0 saturated heterocycles. The van der Waals surface area contributed by atoms with Crippen LogP contribution in [0.4, 0.5) is 4.39 Å². The fourth-order valence-electron chi connectivity index (χ4n) is 4.65. The molecule has 5 aromatic rings. The third-order valence-corrected chi connectivity index (χ3v) is 6.36. The van der Waals surface area contributed by atoms with Crippen LogP contribution in [0.1, 0.15) is 39.8 Å². The van der Waals surface area contributed by atoms with Crippen molar-refractivity contribution in [1.82, 2.24) is 35.5 Å². The predicted molar refractivity (Wildman–Crippen MR) is 160 cm³/mol.